The topological polar surface area (TPSA) is 43.3 Å². The largest absolute Gasteiger partial charge is 0.494 e. The highest BCUT2D eigenvalue weighted by atomic mass is 16.5. The molecule has 5 nitrogen and oxygen atoms in total. The van der Waals surface area contributed by atoms with Crippen LogP contribution in [0.2, 0.25) is 0 Å². The van der Waals surface area contributed by atoms with Crippen LogP contribution in [0, 0.1) is 5.92 Å². The van der Waals surface area contributed by atoms with Gasteiger partial charge in [-0.1, -0.05) is 19.1 Å². The molecular weight excluding hydrogens is 376 g/mol. The number of hydrazone groups is 1. The summed E-state index contributed by atoms with van der Waals surface area (Å²) in [6, 6.07) is 14.7. The summed E-state index contributed by atoms with van der Waals surface area (Å²) in [5.74, 6) is 3.35. The van der Waals surface area contributed by atoms with Crippen molar-refractivity contribution in [3.63, 3.8) is 0 Å². The maximum Gasteiger partial charge on any atom is 0.198 e. The summed E-state index contributed by atoms with van der Waals surface area (Å²) in [4.78, 5) is 0. The van der Waals surface area contributed by atoms with Crippen molar-refractivity contribution in [1.29, 1.82) is 0 Å². The maximum atomic E-state index is 6.75. The van der Waals surface area contributed by atoms with E-state index in [4.69, 9.17) is 19.3 Å². The summed E-state index contributed by atoms with van der Waals surface area (Å²) in [6.45, 7) is 5.01. The monoisotopic (exact) mass is 406 g/mol. The number of hydrogen-bond acceptors (Lipinski definition) is 5. The molecule has 2 heterocycles. The van der Waals surface area contributed by atoms with Gasteiger partial charge in [0, 0.05) is 24.8 Å². The Hall–Kier alpha value is -2.69. The maximum absolute atomic E-state index is 6.75. The van der Waals surface area contributed by atoms with Crippen molar-refractivity contribution in [2.75, 3.05) is 13.7 Å². The first kappa shape index (κ1) is 19.3. The van der Waals surface area contributed by atoms with E-state index in [2.05, 4.69) is 36.2 Å². The normalized spacial score (nSPS) is 27.2. The molecule has 0 radical (unpaired) electrons. The molecule has 0 bridgehead atoms. The van der Waals surface area contributed by atoms with Crippen molar-refractivity contribution in [2.24, 2.45) is 11.0 Å². The van der Waals surface area contributed by atoms with Crippen LogP contribution in [-0.4, -0.2) is 30.2 Å². The Morgan fingerprint density at radius 3 is 2.60 bits per heavy atom. The summed E-state index contributed by atoms with van der Waals surface area (Å²) in [7, 11) is 1.72. The van der Waals surface area contributed by atoms with Crippen molar-refractivity contribution < 1.29 is 14.2 Å². The zero-order valence-electron chi connectivity index (χ0n) is 18.1. The molecule has 2 aromatic carbocycles. The summed E-state index contributed by atoms with van der Waals surface area (Å²) >= 11 is 0. The lowest BCUT2D eigenvalue weighted by Crippen LogP contribution is -2.55. The zero-order valence-corrected chi connectivity index (χ0v) is 18.1. The van der Waals surface area contributed by atoms with Crippen molar-refractivity contribution in [2.45, 2.75) is 57.7 Å². The van der Waals surface area contributed by atoms with E-state index in [1.807, 2.05) is 25.1 Å². The number of para-hydroxylation sites is 1. The first-order chi connectivity index (χ1) is 14.6. The Morgan fingerprint density at radius 2 is 1.90 bits per heavy atom. The molecule has 1 unspecified atom stereocenters. The van der Waals surface area contributed by atoms with Gasteiger partial charge in [-0.2, -0.15) is 5.10 Å². The molecule has 0 N–H and O–H groups in total. The van der Waals surface area contributed by atoms with Crippen LogP contribution in [0.15, 0.2) is 47.6 Å². The average molecular weight is 407 g/mol. The molecule has 5 rings (SSSR count). The fraction of sp³-hybridized carbons (Fsp3) is 0.480. The quantitative estimate of drug-likeness (QED) is 0.668. The average Bonchev–Trinajstić information content (AvgIpc) is 3.23. The number of nitrogens with zero attached hydrogens (tertiary/aromatic N) is 2. The van der Waals surface area contributed by atoms with Crippen LogP contribution in [0.5, 0.6) is 17.2 Å². The van der Waals surface area contributed by atoms with Crippen molar-refractivity contribution in [3.8, 4) is 17.2 Å². The molecule has 5 heteroatoms. The highest BCUT2D eigenvalue weighted by molar-refractivity contribution is 6.02. The highest BCUT2D eigenvalue weighted by Gasteiger charge is 2.52. The Bertz CT molecular complexity index is 945. The van der Waals surface area contributed by atoms with Gasteiger partial charge in [0.05, 0.1) is 25.5 Å². The van der Waals surface area contributed by atoms with Crippen LogP contribution in [0.25, 0.3) is 0 Å². The third-order valence-corrected chi connectivity index (χ3v) is 6.76. The zero-order chi connectivity index (χ0) is 20.7. The van der Waals surface area contributed by atoms with E-state index >= 15 is 0 Å². The molecule has 1 saturated carbocycles. The molecule has 1 fully saturated rings. The van der Waals surface area contributed by atoms with E-state index in [0.29, 0.717) is 6.61 Å². The van der Waals surface area contributed by atoms with Gasteiger partial charge in [0.15, 0.2) is 17.2 Å². The second kappa shape index (κ2) is 7.53. The Balaban J connectivity index is 1.54. The van der Waals surface area contributed by atoms with E-state index in [1.165, 1.54) is 5.56 Å². The fourth-order valence-electron chi connectivity index (χ4n) is 5.06. The summed E-state index contributed by atoms with van der Waals surface area (Å²) in [5, 5.41) is 7.43. The van der Waals surface area contributed by atoms with Gasteiger partial charge in [-0.05, 0) is 61.6 Å². The second-order valence-electron chi connectivity index (χ2n) is 8.68. The molecular formula is C25H30N2O3. The first-order valence-electron chi connectivity index (χ1n) is 11.1. The summed E-state index contributed by atoms with van der Waals surface area (Å²) in [5.41, 5.74) is 3.05. The third-order valence-electron chi connectivity index (χ3n) is 6.76. The lowest BCUT2D eigenvalue weighted by Gasteiger charge is -2.50. The fourth-order valence-corrected chi connectivity index (χ4v) is 5.06. The predicted octanol–water partition coefficient (Wildman–Crippen LogP) is 5.54. The van der Waals surface area contributed by atoms with E-state index in [-0.39, 0.29) is 11.8 Å². The molecule has 1 spiro atoms. The predicted molar refractivity (Wildman–Crippen MR) is 117 cm³/mol. The molecule has 2 aliphatic heterocycles. The molecule has 1 atom stereocenters. The molecule has 30 heavy (non-hydrogen) atoms. The van der Waals surface area contributed by atoms with Gasteiger partial charge in [-0.15, -0.1) is 0 Å². The van der Waals surface area contributed by atoms with Gasteiger partial charge in [0.1, 0.15) is 5.75 Å². The van der Waals surface area contributed by atoms with Crippen LogP contribution in [0.1, 0.15) is 63.1 Å². The van der Waals surface area contributed by atoms with Gasteiger partial charge in [0.25, 0.3) is 0 Å². The van der Waals surface area contributed by atoms with Crippen LogP contribution < -0.4 is 14.2 Å². The van der Waals surface area contributed by atoms with E-state index in [9.17, 15) is 0 Å². The van der Waals surface area contributed by atoms with Crippen LogP contribution in [0.3, 0.4) is 0 Å². The van der Waals surface area contributed by atoms with E-state index in [1.54, 1.807) is 7.11 Å². The molecule has 158 valence electrons. The molecule has 1 aliphatic carbocycles. The highest BCUT2D eigenvalue weighted by Crippen LogP contribution is 2.54. The number of benzene rings is 2. The smallest absolute Gasteiger partial charge is 0.198 e. The minimum Gasteiger partial charge on any atom is -0.494 e. The molecule has 3 aliphatic rings. The van der Waals surface area contributed by atoms with Crippen LogP contribution in [0.4, 0.5) is 0 Å². The minimum atomic E-state index is -0.383. The molecule has 0 saturated heterocycles. The van der Waals surface area contributed by atoms with Gasteiger partial charge in [0.2, 0.25) is 0 Å². The summed E-state index contributed by atoms with van der Waals surface area (Å²) < 4.78 is 18.0. The molecule has 0 amide bonds. The third kappa shape index (κ3) is 3.11. The van der Waals surface area contributed by atoms with Crippen molar-refractivity contribution >= 4 is 5.71 Å². The number of rotatable bonds is 4. The Kier molecular flexibility index (Phi) is 4.84. The lowest BCUT2D eigenvalue weighted by atomic mass is 9.82. The van der Waals surface area contributed by atoms with Crippen molar-refractivity contribution in [1.82, 2.24) is 5.01 Å². The van der Waals surface area contributed by atoms with Gasteiger partial charge in [-0.25, -0.2) is 5.01 Å². The van der Waals surface area contributed by atoms with Crippen LogP contribution >= 0.6 is 0 Å². The second-order valence-corrected chi connectivity index (χ2v) is 8.68. The summed E-state index contributed by atoms with van der Waals surface area (Å²) in [6.07, 6.45) is 5.16. The Labute approximate surface area is 178 Å². The van der Waals surface area contributed by atoms with Gasteiger partial charge in [-0.3, -0.25) is 0 Å². The Morgan fingerprint density at radius 1 is 1.13 bits per heavy atom. The minimum absolute atomic E-state index is 0.179. The van der Waals surface area contributed by atoms with Crippen LogP contribution in [-0.2, 0) is 0 Å². The van der Waals surface area contributed by atoms with E-state index < -0.39 is 0 Å². The van der Waals surface area contributed by atoms with Gasteiger partial charge >= 0.3 is 0 Å². The molecule has 2 aromatic rings. The van der Waals surface area contributed by atoms with Crippen molar-refractivity contribution in [3.05, 3.63) is 53.6 Å². The SMILES string of the molecule is CCOc1ccc(C2=NN3C(C2)c2cccc(OC)c2OC32CCC(C)CC2)cc1. The number of fused-ring (bicyclic) bond motifs is 4. The lowest BCUT2D eigenvalue weighted by molar-refractivity contribution is -0.146. The number of ether oxygens (including phenoxy) is 3. The first-order valence-corrected chi connectivity index (χ1v) is 11.1. The standard InChI is InChI=1S/C25H30N2O3/c1-4-29-19-10-8-18(9-11-19)21-16-22-20-6-5-7-23(28-3)24(20)30-25(27(22)26-21)14-12-17(2)13-15-25/h5-11,17,22H,4,12-16H2,1-3H3. The van der Waals surface area contributed by atoms with E-state index in [0.717, 1.165) is 66.5 Å². The number of methoxy groups -OCH3 is 1. The van der Waals surface area contributed by atoms with Gasteiger partial charge < -0.3 is 14.2 Å². The number of hydrogen-bond donors (Lipinski definition) is 0. The molecule has 0 aromatic heterocycles.